The molecule has 5 rings (SSSR count). The van der Waals surface area contributed by atoms with Gasteiger partial charge in [0.25, 0.3) is 0 Å². The largest absolute Gasteiger partial charge is 0.474 e. The average molecular weight is 428 g/mol. The summed E-state index contributed by atoms with van der Waals surface area (Å²) in [5, 5.41) is 4.92. The van der Waals surface area contributed by atoms with Gasteiger partial charge in [0.2, 0.25) is 5.90 Å². The molecule has 152 valence electrons. The fourth-order valence-electron chi connectivity index (χ4n) is 3.54. The first-order valence-electron chi connectivity index (χ1n) is 9.15. The first-order valence-corrected chi connectivity index (χ1v) is 9.96. The van der Waals surface area contributed by atoms with Gasteiger partial charge in [-0.05, 0) is 29.1 Å². The Balaban J connectivity index is 1.56. The molecular formula is C21H15F3N4OS. The number of ether oxygens (including phenoxy) is 1. The average Bonchev–Trinajstić information content (AvgIpc) is 3.47. The van der Waals surface area contributed by atoms with Crippen LogP contribution in [0.3, 0.4) is 0 Å². The number of halogens is 3. The lowest BCUT2D eigenvalue weighted by Crippen LogP contribution is -2.31. The van der Waals surface area contributed by atoms with Gasteiger partial charge in [0.05, 0.1) is 17.0 Å². The fraction of sp³-hybridized carbons (Fsp3) is 0.190. The highest BCUT2D eigenvalue weighted by atomic mass is 32.1. The van der Waals surface area contributed by atoms with Crippen LogP contribution in [0.25, 0.3) is 10.1 Å². The van der Waals surface area contributed by atoms with Crippen molar-refractivity contribution in [3.05, 3.63) is 83.3 Å². The lowest BCUT2D eigenvalue weighted by molar-refractivity contribution is -0.137. The predicted molar refractivity (Wildman–Crippen MR) is 107 cm³/mol. The van der Waals surface area contributed by atoms with Gasteiger partial charge >= 0.3 is 6.18 Å². The molecule has 0 bridgehead atoms. The highest BCUT2D eigenvalue weighted by Crippen LogP contribution is 2.38. The maximum Gasteiger partial charge on any atom is 0.416 e. The highest BCUT2D eigenvalue weighted by Gasteiger charge is 2.40. The summed E-state index contributed by atoms with van der Waals surface area (Å²) in [6, 6.07) is 15.3. The molecule has 1 aliphatic rings. The van der Waals surface area contributed by atoms with E-state index >= 15 is 0 Å². The van der Waals surface area contributed by atoms with E-state index in [1.807, 2.05) is 36.4 Å². The van der Waals surface area contributed by atoms with Crippen LogP contribution in [-0.2, 0) is 23.0 Å². The summed E-state index contributed by atoms with van der Waals surface area (Å²) in [7, 11) is 0. The SMILES string of the molecule is FC(F)(F)c1ccc2cc(C3=NC(Cn4cncn4)(c4ccccc4)CO3)sc2c1. The molecule has 0 radical (unpaired) electrons. The quantitative estimate of drug-likeness (QED) is 0.465. The number of hydrogen-bond donors (Lipinski definition) is 0. The molecule has 1 aliphatic heterocycles. The molecule has 0 saturated carbocycles. The van der Waals surface area contributed by atoms with E-state index in [2.05, 4.69) is 10.1 Å². The molecule has 0 fully saturated rings. The molecule has 4 aromatic rings. The second-order valence-corrected chi connectivity index (χ2v) is 8.14. The van der Waals surface area contributed by atoms with Gasteiger partial charge in [-0.2, -0.15) is 18.3 Å². The van der Waals surface area contributed by atoms with Crippen molar-refractivity contribution in [2.45, 2.75) is 18.3 Å². The van der Waals surface area contributed by atoms with E-state index in [0.29, 0.717) is 28.6 Å². The van der Waals surface area contributed by atoms with E-state index in [0.717, 1.165) is 17.0 Å². The van der Waals surface area contributed by atoms with Crippen molar-refractivity contribution in [1.82, 2.24) is 14.8 Å². The third-order valence-electron chi connectivity index (χ3n) is 5.02. The lowest BCUT2D eigenvalue weighted by atomic mass is 9.92. The molecule has 0 N–H and O–H groups in total. The molecule has 1 unspecified atom stereocenters. The highest BCUT2D eigenvalue weighted by molar-refractivity contribution is 7.20. The van der Waals surface area contributed by atoms with Crippen LogP contribution in [0, 0.1) is 0 Å². The van der Waals surface area contributed by atoms with Crippen molar-refractivity contribution in [3.8, 4) is 0 Å². The van der Waals surface area contributed by atoms with Crippen LogP contribution < -0.4 is 0 Å². The van der Waals surface area contributed by atoms with Crippen LogP contribution in [0.4, 0.5) is 13.2 Å². The van der Waals surface area contributed by atoms with Crippen LogP contribution >= 0.6 is 11.3 Å². The van der Waals surface area contributed by atoms with Gasteiger partial charge in [-0.25, -0.2) is 9.98 Å². The molecule has 0 saturated heterocycles. The van der Waals surface area contributed by atoms with Crippen molar-refractivity contribution in [2.75, 3.05) is 6.61 Å². The Hall–Kier alpha value is -3.20. The number of benzene rings is 2. The van der Waals surface area contributed by atoms with Crippen LogP contribution in [0.1, 0.15) is 16.0 Å². The third-order valence-corrected chi connectivity index (χ3v) is 6.11. The summed E-state index contributed by atoms with van der Waals surface area (Å²) in [6.45, 7) is 0.734. The van der Waals surface area contributed by atoms with E-state index in [9.17, 15) is 13.2 Å². The predicted octanol–water partition coefficient (Wildman–Crippen LogP) is 4.88. The van der Waals surface area contributed by atoms with Gasteiger partial charge in [-0.1, -0.05) is 36.4 Å². The zero-order chi connectivity index (χ0) is 20.8. The second-order valence-electron chi connectivity index (χ2n) is 7.06. The van der Waals surface area contributed by atoms with Crippen molar-refractivity contribution in [3.63, 3.8) is 0 Å². The Morgan fingerprint density at radius 2 is 1.93 bits per heavy atom. The van der Waals surface area contributed by atoms with Crippen molar-refractivity contribution in [1.29, 1.82) is 0 Å². The molecule has 0 aliphatic carbocycles. The summed E-state index contributed by atoms with van der Waals surface area (Å²) in [5.74, 6) is 0.425. The Kier molecular flexibility index (Phi) is 4.35. The molecule has 3 heterocycles. The zero-order valence-corrected chi connectivity index (χ0v) is 16.3. The minimum atomic E-state index is -4.38. The normalized spacial score (nSPS) is 19.1. The molecule has 9 heteroatoms. The Morgan fingerprint density at radius 3 is 2.67 bits per heavy atom. The van der Waals surface area contributed by atoms with Gasteiger partial charge in [0.1, 0.15) is 24.8 Å². The number of thiophene rings is 1. The number of aromatic nitrogens is 3. The zero-order valence-electron chi connectivity index (χ0n) is 15.5. The summed E-state index contributed by atoms with van der Waals surface area (Å²) in [6.07, 6.45) is -1.29. The van der Waals surface area contributed by atoms with Gasteiger partial charge in [-0.15, -0.1) is 11.3 Å². The van der Waals surface area contributed by atoms with Crippen LogP contribution in [-0.4, -0.2) is 27.3 Å². The number of alkyl halides is 3. The number of hydrogen-bond acceptors (Lipinski definition) is 5. The van der Waals surface area contributed by atoms with Gasteiger partial charge < -0.3 is 4.74 Å². The molecule has 1 atom stereocenters. The number of aliphatic imine (C=N–C) groups is 1. The number of nitrogens with zero attached hydrogens (tertiary/aromatic N) is 4. The van der Waals surface area contributed by atoms with Gasteiger partial charge in [0.15, 0.2) is 0 Å². The number of fused-ring (bicyclic) bond motifs is 1. The monoisotopic (exact) mass is 428 g/mol. The summed E-state index contributed by atoms with van der Waals surface area (Å²) in [5.41, 5.74) is -0.393. The Labute approximate surface area is 173 Å². The van der Waals surface area contributed by atoms with Crippen molar-refractivity contribution in [2.24, 2.45) is 4.99 Å². The van der Waals surface area contributed by atoms with Gasteiger partial charge in [-0.3, -0.25) is 4.68 Å². The minimum Gasteiger partial charge on any atom is -0.474 e. The molecule has 0 spiro atoms. The molecular weight excluding hydrogens is 413 g/mol. The van der Waals surface area contributed by atoms with Crippen LogP contribution in [0.15, 0.2) is 72.2 Å². The maximum absolute atomic E-state index is 13.0. The van der Waals surface area contributed by atoms with Crippen molar-refractivity contribution < 1.29 is 17.9 Å². The second kappa shape index (κ2) is 6.94. The smallest absolute Gasteiger partial charge is 0.416 e. The van der Waals surface area contributed by atoms with E-state index in [1.54, 1.807) is 11.0 Å². The standard InChI is InChI=1S/C21H15F3N4OS/c22-21(23,24)16-7-6-14-8-18(30-17(14)9-16)19-27-20(11-29-19,10-28-13-25-12-26-28)15-4-2-1-3-5-15/h1-9,12-13H,10-11H2. The Bertz CT molecular complexity index is 1220. The van der Waals surface area contributed by atoms with Crippen LogP contribution in [0.2, 0.25) is 0 Å². The van der Waals surface area contributed by atoms with E-state index in [1.165, 1.54) is 29.8 Å². The third kappa shape index (κ3) is 3.35. The lowest BCUT2D eigenvalue weighted by Gasteiger charge is -2.24. The molecule has 30 heavy (non-hydrogen) atoms. The van der Waals surface area contributed by atoms with E-state index in [-0.39, 0.29) is 0 Å². The van der Waals surface area contributed by atoms with Crippen molar-refractivity contribution >= 4 is 27.3 Å². The fourth-order valence-corrected chi connectivity index (χ4v) is 4.58. The topological polar surface area (TPSA) is 52.3 Å². The first kappa shape index (κ1) is 18.8. The minimum absolute atomic E-state index is 0.300. The Morgan fingerprint density at radius 1 is 1.10 bits per heavy atom. The number of rotatable bonds is 4. The van der Waals surface area contributed by atoms with Gasteiger partial charge in [0, 0.05) is 4.70 Å². The molecule has 0 amide bonds. The maximum atomic E-state index is 13.0. The van der Waals surface area contributed by atoms with E-state index in [4.69, 9.17) is 9.73 Å². The summed E-state index contributed by atoms with van der Waals surface area (Å²) < 4.78 is 47.3. The van der Waals surface area contributed by atoms with Crippen LogP contribution in [0.5, 0.6) is 0 Å². The summed E-state index contributed by atoms with van der Waals surface area (Å²) >= 11 is 1.24. The first-order chi connectivity index (χ1) is 14.4. The van der Waals surface area contributed by atoms with E-state index < -0.39 is 17.3 Å². The molecule has 2 aromatic heterocycles. The molecule has 5 nitrogen and oxygen atoms in total. The molecule has 2 aromatic carbocycles. The summed E-state index contributed by atoms with van der Waals surface area (Å²) in [4.78, 5) is 9.59.